The van der Waals surface area contributed by atoms with Gasteiger partial charge >= 0.3 is 0 Å². The second-order valence-corrected chi connectivity index (χ2v) is 3.89. The molecule has 1 nitrogen and oxygen atoms in total. The number of hydrogen-bond acceptors (Lipinski definition) is 1. The first-order chi connectivity index (χ1) is 6.74. The van der Waals surface area contributed by atoms with Gasteiger partial charge in [0.2, 0.25) is 0 Å². The monoisotopic (exact) mass is 254 g/mol. The molecule has 1 N–H and O–H groups in total. The predicted octanol–water partition coefficient (Wildman–Crippen LogP) is 3.23. The highest BCUT2D eigenvalue weighted by Gasteiger charge is 2.08. The molecule has 0 aliphatic rings. The standard InChI is InChI=1S/C11H8BrFO/c12-10-5-7(6-14)11(13)9-4-2-1-3-8(9)10/h1-5,14H,6H2. The average molecular weight is 255 g/mol. The van der Waals surface area contributed by atoms with Gasteiger partial charge in [0.05, 0.1) is 6.61 Å². The first-order valence-electron chi connectivity index (χ1n) is 4.20. The van der Waals surface area contributed by atoms with Gasteiger partial charge in [-0.05, 0) is 11.5 Å². The minimum atomic E-state index is -0.341. The molecule has 14 heavy (non-hydrogen) atoms. The molecule has 2 aromatic carbocycles. The summed E-state index contributed by atoms with van der Waals surface area (Å²) in [5.41, 5.74) is 0.315. The maximum Gasteiger partial charge on any atom is 0.136 e. The van der Waals surface area contributed by atoms with Crippen molar-refractivity contribution in [2.75, 3.05) is 0 Å². The lowest BCUT2D eigenvalue weighted by molar-refractivity contribution is 0.276. The first-order valence-corrected chi connectivity index (χ1v) is 5.00. The summed E-state index contributed by atoms with van der Waals surface area (Å²) in [6.45, 7) is -0.282. The second-order valence-electron chi connectivity index (χ2n) is 3.04. The number of hydrogen-bond donors (Lipinski definition) is 1. The molecule has 0 aliphatic carbocycles. The summed E-state index contributed by atoms with van der Waals surface area (Å²) in [4.78, 5) is 0. The van der Waals surface area contributed by atoms with Gasteiger partial charge in [-0.1, -0.05) is 40.2 Å². The molecule has 0 fully saturated rings. The molecular weight excluding hydrogens is 247 g/mol. The average Bonchev–Trinajstić information content (AvgIpc) is 2.23. The molecule has 0 amide bonds. The van der Waals surface area contributed by atoms with Gasteiger partial charge in [-0.3, -0.25) is 0 Å². The summed E-state index contributed by atoms with van der Waals surface area (Å²) in [7, 11) is 0. The van der Waals surface area contributed by atoms with Crippen molar-refractivity contribution in [3.63, 3.8) is 0 Å². The fourth-order valence-electron chi connectivity index (χ4n) is 1.46. The summed E-state index contributed by atoms with van der Waals surface area (Å²) in [5.74, 6) is -0.341. The summed E-state index contributed by atoms with van der Waals surface area (Å²) < 4.78 is 14.5. The predicted molar refractivity (Wildman–Crippen MR) is 57.5 cm³/mol. The lowest BCUT2D eigenvalue weighted by Gasteiger charge is -2.06. The minimum Gasteiger partial charge on any atom is -0.392 e. The Morgan fingerprint density at radius 1 is 1.21 bits per heavy atom. The van der Waals surface area contributed by atoms with Crippen molar-refractivity contribution in [1.29, 1.82) is 0 Å². The van der Waals surface area contributed by atoms with E-state index in [1.807, 2.05) is 12.1 Å². The fraction of sp³-hybridized carbons (Fsp3) is 0.0909. The normalized spacial score (nSPS) is 10.8. The van der Waals surface area contributed by atoms with Crippen LogP contribution in [0, 0.1) is 5.82 Å². The van der Waals surface area contributed by atoms with E-state index in [-0.39, 0.29) is 12.4 Å². The number of halogens is 2. The van der Waals surface area contributed by atoms with Gasteiger partial charge in [-0.15, -0.1) is 0 Å². The maximum absolute atomic E-state index is 13.7. The van der Waals surface area contributed by atoms with E-state index < -0.39 is 0 Å². The zero-order chi connectivity index (χ0) is 10.1. The van der Waals surface area contributed by atoms with Crippen LogP contribution in [-0.4, -0.2) is 5.11 Å². The zero-order valence-electron chi connectivity index (χ0n) is 7.30. The van der Waals surface area contributed by atoms with Gasteiger partial charge in [0.15, 0.2) is 0 Å². The van der Waals surface area contributed by atoms with E-state index in [0.29, 0.717) is 10.9 Å². The van der Waals surface area contributed by atoms with Gasteiger partial charge in [-0.25, -0.2) is 4.39 Å². The Labute approximate surface area is 89.3 Å². The molecule has 0 aliphatic heterocycles. The van der Waals surface area contributed by atoms with Crippen molar-refractivity contribution in [3.05, 3.63) is 46.2 Å². The van der Waals surface area contributed by atoms with Crippen LogP contribution in [-0.2, 0) is 6.61 Å². The van der Waals surface area contributed by atoms with Crippen molar-refractivity contribution < 1.29 is 9.50 Å². The fourth-order valence-corrected chi connectivity index (χ4v) is 2.09. The van der Waals surface area contributed by atoms with Crippen molar-refractivity contribution in [2.24, 2.45) is 0 Å². The Balaban J connectivity index is 2.87. The van der Waals surface area contributed by atoms with Crippen LogP contribution in [0.3, 0.4) is 0 Å². The van der Waals surface area contributed by atoms with Gasteiger partial charge in [0.25, 0.3) is 0 Å². The number of aliphatic hydroxyl groups excluding tert-OH is 1. The van der Waals surface area contributed by atoms with Crippen LogP contribution < -0.4 is 0 Å². The van der Waals surface area contributed by atoms with Gasteiger partial charge in [0.1, 0.15) is 5.82 Å². The smallest absolute Gasteiger partial charge is 0.136 e. The van der Waals surface area contributed by atoms with Crippen LogP contribution in [0.5, 0.6) is 0 Å². The largest absolute Gasteiger partial charge is 0.392 e. The highest BCUT2D eigenvalue weighted by Crippen LogP contribution is 2.28. The Hall–Kier alpha value is -0.930. The molecule has 0 bridgehead atoms. The van der Waals surface area contributed by atoms with Gasteiger partial charge < -0.3 is 5.11 Å². The number of aliphatic hydroxyl groups is 1. The summed E-state index contributed by atoms with van der Waals surface area (Å²) in [6, 6.07) is 8.78. The van der Waals surface area contributed by atoms with E-state index in [1.165, 1.54) is 0 Å². The van der Waals surface area contributed by atoms with Crippen molar-refractivity contribution in [3.8, 4) is 0 Å². The van der Waals surface area contributed by atoms with Crippen LogP contribution in [0.15, 0.2) is 34.8 Å². The third kappa shape index (κ3) is 1.42. The van der Waals surface area contributed by atoms with Crippen molar-refractivity contribution in [2.45, 2.75) is 6.61 Å². The molecule has 0 spiro atoms. The molecule has 0 saturated heterocycles. The van der Waals surface area contributed by atoms with E-state index in [2.05, 4.69) is 15.9 Å². The maximum atomic E-state index is 13.7. The van der Waals surface area contributed by atoms with Crippen molar-refractivity contribution >= 4 is 26.7 Å². The summed E-state index contributed by atoms with van der Waals surface area (Å²) in [5, 5.41) is 10.3. The molecule has 72 valence electrons. The van der Waals surface area contributed by atoms with Crippen LogP contribution >= 0.6 is 15.9 Å². The third-order valence-corrected chi connectivity index (χ3v) is 2.83. The highest BCUT2D eigenvalue weighted by atomic mass is 79.9. The van der Waals surface area contributed by atoms with E-state index in [1.54, 1.807) is 18.2 Å². The second kappa shape index (κ2) is 3.67. The van der Waals surface area contributed by atoms with Crippen LogP contribution in [0.1, 0.15) is 5.56 Å². The molecule has 0 unspecified atom stereocenters. The molecule has 2 aromatic rings. The third-order valence-electron chi connectivity index (χ3n) is 2.17. The van der Waals surface area contributed by atoms with Crippen LogP contribution in [0.4, 0.5) is 4.39 Å². The van der Waals surface area contributed by atoms with E-state index in [0.717, 1.165) is 9.86 Å². The Morgan fingerprint density at radius 2 is 1.86 bits per heavy atom. The molecule has 0 saturated carbocycles. The number of fused-ring (bicyclic) bond motifs is 1. The summed E-state index contributed by atoms with van der Waals surface area (Å²) in [6.07, 6.45) is 0. The number of rotatable bonds is 1. The lowest BCUT2D eigenvalue weighted by Crippen LogP contribution is -1.91. The van der Waals surface area contributed by atoms with E-state index in [9.17, 15) is 4.39 Å². The Bertz CT molecular complexity index is 482. The Morgan fingerprint density at radius 3 is 2.50 bits per heavy atom. The van der Waals surface area contributed by atoms with Gasteiger partial charge in [-0.2, -0.15) is 0 Å². The lowest BCUT2D eigenvalue weighted by atomic mass is 10.1. The topological polar surface area (TPSA) is 20.2 Å². The highest BCUT2D eigenvalue weighted by molar-refractivity contribution is 9.10. The molecule has 3 heteroatoms. The SMILES string of the molecule is OCc1cc(Br)c2ccccc2c1F. The van der Waals surface area contributed by atoms with Crippen LogP contribution in [0.2, 0.25) is 0 Å². The molecule has 2 rings (SSSR count). The van der Waals surface area contributed by atoms with E-state index >= 15 is 0 Å². The number of benzene rings is 2. The van der Waals surface area contributed by atoms with Gasteiger partial charge in [0, 0.05) is 15.4 Å². The molecule has 0 radical (unpaired) electrons. The summed E-state index contributed by atoms with van der Waals surface area (Å²) >= 11 is 3.34. The Kier molecular flexibility index (Phi) is 2.52. The molecule has 0 aromatic heterocycles. The van der Waals surface area contributed by atoms with E-state index in [4.69, 9.17) is 5.11 Å². The minimum absolute atomic E-state index is 0.282. The molecule has 0 atom stereocenters. The molecule has 0 heterocycles. The van der Waals surface area contributed by atoms with Crippen molar-refractivity contribution in [1.82, 2.24) is 0 Å². The quantitative estimate of drug-likeness (QED) is 0.829. The first kappa shape index (κ1) is 9.62. The van der Waals surface area contributed by atoms with Crippen LogP contribution in [0.25, 0.3) is 10.8 Å². The zero-order valence-corrected chi connectivity index (χ0v) is 8.88. The molecular formula is C11H8BrFO.